The number of rotatable bonds is 3. The fourth-order valence-electron chi connectivity index (χ4n) is 2.25. The fourth-order valence-corrected chi connectivity index (χ4v) is 5.48. The molecule has 0 radical (unpaired) electrons. The van der Waals surface area contributed by atoms with Crippen LogP contribution in [0.1, 0.15) is 6.42 Å². The van der Waals surface area contributed by atoms with Gasteiger partial charge in [0.05, 0.1) is 0 Å². The summed E-state index contributed by atoms with van der Waals surface area (Å²) in [7, 11) is -0.445. The van der Waals surface area contributed by atoms with E-state index < -0.39 is 7.92 Å². The molecule has 1 aliphatic carbocycles. The van der Waals surface area contributed by atoms with Crippen molar-refractivity contribution in [3.05, 3.63) is 82.6 Å². The van der Waals surface area contributed by atoms with Crippen molar-refractivity contribution in [2.45, 2.75) is 6.42 Å². The van der Waals surface area contributed by atoms with Crippen LogP contribution in [0.2, 0.25) is 0 Å². The molecule has 0 spiro atoms. The molecule has 0 nitrogen and oxygen atoms in total. The van der Waals surface area contributed by atoms with Crippen LogP contribution in [0.5, 0.6) is 0 Å². The summed E-state index contributed by atoms with van der Waals surface area (Å²) >= 11 is 3.73. The Bertz CT molecular complexity index is 575. The molecule has 1 aliphatic rings. The van der Waals surface area contributed by atoms with E-state index in [2.05, 4.69) is 88.7 Å². The topological polar surface area (TPSA) is 0 Å². The highest BCUT2D eigenvalue weighted by Crippen LogP contribution is 2.49. The summed E-state index contributed by atoms with van der Waals surface area (Å²) in [6.07, 6.45) is 5.53. The molecule has 0 saturated heterocycles. The van der Waals surface area contributed by atoms with Gasteiger partial charge in [-0.3, -0.25) is 0 Å². The van der Waals surface area contributed by atoms with Crippen LogP contribution in [0.4, 0.5) is 0 Å². The van der Waals surface area contributed by atoms with Crippen molar-refractivity contribution in [2.24, 2.45) is 0 Å². The third-order valence-corrected chi connectivity index (χ3v) is 6.71. The molecule has 0 aromatic heterocycles. The van der Waals surface area contributed by atoms with E-state index in [1.165, 1.54) is 20.4 Å². The average Bonchev–Trinajstić information content (AvgIpc) is 2.88. The summed E-state index contributed by atoms with van der Waals surface area (Å²) in [5.74, 6) is 0. The van der Waals surface area contributed by atoms with Crippen molar-refractivity contribution in [2.75, 3.05) is 0 Å². The first-order valence-corrected chi connectivity index (χ1v) is 8.45. The summed E-state index contributed by atoms with van der Waals surface area (Å²) in [6.45, 7) is 0. The monoisotopic (exact) mass is 328 g/mol. The van der Waals surface area contributed by atoms with Gasteiger partial charge in [-0.1, -0.05) is 88.7 Å². The Morgan fingerprint density at radius 1 is 0.789 bits per heavy atom. The number of benzene rings is 2. The van der Waals surface area contributed by atoms with Crippen molar-refractivity contribution < 1.29 is 0 Å². The summed E-state index contributed by atoms with van der Waals surface area (Å²) in [5, 5.41) is 4.25. The molecule has 0 atom stereocenters. The normalized spacial score (nSPS) is 14.4. The number of halogens is 1. The molecule has 2 heteroatoms. The quantitative estimate of drug-likeness (QED) is 0.717. The van der Waals surface area contributed by atoms with Gasteiger partial charge < -0.3 is 0 Å². The smallest absolute Gasteiger partial charge is 0.00717 e. The molecule has 2 aromatic carbocycles. The molecular weight excluding hydrogens is 315 g/mol. The van der Waals surface area contributed by atoms with Gasteiger partial charge in [-0.05, 0) is 30.3 Å². The first-order valence-electron chi connectivity index (χ1n) is 6.31. The van der Waals surface area contributed by atoms with E-state index in [4.69, 9.17) is 0 Å². The second-order valence-electron chi connectivity index (χ2n) is 4.40. The van der Waals surface area contributed by atoms with E-state index in [0.717, 1.165) is 6.42 Å². The molecule has 94 valence electrons. The Hall–Kier alpha value is -1.17. The average molecular weight is 329 g/mol. The standard InChI is InChI=1S/C17H14BrP/c18-16-12-7-13-17(16)19(14-8-3-1-4-9-14)15-10-5-2-6-11-15/h1-11,13H,12H2. The summed E-state index contributed by atoms with van der Waals surface area (Å²) in [5.41, 5.74) is 0. The SMILES string of the molecule is BrC1=C(P(c2ccccc2)c2ccccc2)C=CC1. The van der Waals surface area contributed by atoms with Gasteiger partial charge in [0, 0.05) is 4.48 Å². The second-order valence-corrected chi connectivity index (χ2v) is 7.55. The van der Waals surface area contributed by atoms with Gasteiger partial charge in [-0.25, -0.2) is 0 Å². The van der Waals surface area contributed by atoms with E-state index in [1.807, 2.05) is 0 Å². The minimum absolute atomic E-state index is 0.445. The fraction of sp³-hybridized carbons (Fsp3) is 0.0588. The molecule has 0 amide bonds. The molecule has 0 heterocycles. The number of hydrogen-bond acceptors (Lipinski definition) is 0. The minimum Gasteiger partial charge on any atom is -0.0789 e. The lowest BCUT2D eigenvalue weighted by Crippen LogP contribution is -2.12. The zero-order valence-electron chi connectivity index (χ0n) is 10.5. The Morgan fingerprint density at radius 2 is 1.32 bits per heavy atom. The van der Waals surface area contributed by atoms with Crippen molar-refractivity contribution >= 4 is 34.5 Å². The number of allylic oxidation sites excluding steroid dienone is 4. The first-order chi connectivity index (χ1) is 9.36. The van der Waals surface area contributed by atoms with Crippen molar-refractivity contribution in [3.63, 3.8) is 0 Å². The van der Waals surface area contributed by atoms with Gasteiger partial charge in [-0.2, -0.15) is 0 Å². The van der Waals surface area contributed by atoms with Gasteiger partial charge in [0.25, 0.3) is 0 Å². The maximum Gasteiger partial charge on any atom is 0.00717 e. The van der Waals surface area contributed by atoms with Crippen LogP contribution in [0.25, 0.3) is 0 Å². The van der Waals surface area contributed by atoms with E-state index in [-0.39, 0.29) is 0 Å². The first kappa shape index (κ1) is 12.8. The molecule has 2 aromatic rings. The van der Waals surface area contributed by atoms with Gasteiger partial charge in [0.15, 0.2) is 0 Å². The highest BCUT2D eigenvalue weighted by molar-refractivity contribution is 9.11. The van der Waals surface area contributed by atoms with Crippen molar-refractivity contribution in [1.82, 2.24) is 0 Å². The van der Waals surface area contributed by atoms with Crippen LogP contribution in [0, 0.1) is 0 Å². The molecule has 3 rings (SSSR count). The number of hydrogen-bond donors (Lipinski definition) is 0. The maximum absolute atomic E-state index is 3.73. The molecule has 19 heavy (non-hydrogen) atoms. The Morgan fingerprint density at radius 3 is 1.74 bits per heavy atom. The third kappa shape index (κ3) is 2.73. The predicted octanol–water partition coefficient (Wildman–Crippen LogP) is 4.69. The molecular formula is C17H14BrP. The van der Waals surface area contributed by atoms with Crippen LogP contribution in [-0.2, 0) is 0 Å². The Kier molecular flexibility index (Phi) is 3.96. The molecule has 0 aliphatic heterocycles. The van der Waals surface area contributed by atoms with E-state index >= 15 is 0 Å². The Labute approximate surface area is 123 Å². The van der Waals surface area contributed by atoms with Crippen LogP contribution >= 0.6 is 23.9 Å². The van der Waals surface area contributed by atoms with Crippen LogP contribution in [0.3, 0.4) is 0 Å². The van der Waals surface area contributed by atoms with Crippen LogP contribution < -0.4 is 10.6 Å². The lowest BCUT2D eigenvalue weighted by Gasteiger charge is -2.20. The summed E-state index contributed by atoms with van der Waals surface area (Å²) in [6, 6.07) is 21.6. The van der Waals surface area contributed by atoms with Crippen molar-refractivity contribution in [1.29, 1.82) is 0 Å². The largest absolute Gasteiger partial charge is 0.0789 e. The van der Waals surface area contributed by atoms with Gasteiger partial charge in [0.2, 0.25) is 0 Å². The second kappa shape index (κ2) is 5.86. The zero-order valence-corrected chi connectivity index (χ0v) is 12.9. The summed E-state index contributed by atoms with van der Waals surface area (Å²) < 4.78 is 1.33. The van der Waals surface area contributed by atoms with E-state index in [1.54, 1.807) is 0 Å². The molecule has 0 bridgehead atoms. The maximum atomic E-state index is 3.73. The lowest BCUT2D eigenvalue weighted by molar-refractivity contribution is 1.42. The van der Waals surface area contributed by atoms with Crippen LogP contribution in [0.15, 0.2) is 82.6 Å². The predicted molar refractivity (Wildman–Crippen MR) is 88.8 cm³/mol. The molecule has 0 fully saturated rings. The highest BCUT2D eigenvalue weighted by atomic mass is 79.9. The van der Waals surface area contributed by atoms with Gasteiger partial charge in [-0.15, -0.1) is 0 Å². The molecule has 0 saturated carbocycles. The van der Waals surface area contributed by atoms with E-state index in [9.17, 15) is 0 Å². The highest BCUT2D eigenvalue weighted by Gasteiger charge is 2.21. The molecule has 0 N–H and O–H groups in total. The van der Waals surface area contributed by atoms with Gasteiger partial charge >= 0.3 is 0 Å². The van der Waals surface area contributed by atoms with Gasteiger partial charge in [0.1, 0.15) is 0 Å². The van der Waals surface area contributed by atoms with E-state index in [0.29, 0.717) is 0 Å². The lowest BCUT2D eigenvalue weighted by atomic mass is 10.4. The Balaban J connectivity index is 2.12. The van der Waals surface area contributed by atoms with Crippen LogP contribution in [-0.4, -0.2) is 0 Å². The zero-order chi connectivity index (χ0) is 13.1. The van der Waals surface area contributed by atoms with Crippen molar-refractivity contribution in [3.8, 4) is 0 Å². The third-order valence-electron chi connectivity index (χ3n) is 3.12. The minimum atomic E-state index is -0.445. The summed E-state index contributed by atoms with van der Waals surface area (Å²) in [4.78, 5) is 0. The molecule has 0 unspecified atom stereocenters.